The van der Waals surface area contributed by atoms with Gasteiger partial charge < -0.3 is 4.74 Å². The summed E-state index contributed by atoms with van der Waals surface area (Å²) in [5.41, 5.74) is 3.20. The Morgan fingerprint density at radius 1 is 1.35 bits per heavy atom. The van der Waals surface area contributed by atoms with Gasteiger partial charge in [0.05, 0.1) is 24.3 Å². The van der Waals surface area contributed by atoms with Crippen LogP contribution in [-0.4, -0.2) is 20.3 Å². The second-order valence-electron chi connectivity index (χ2n) is 3.44. The molecular weight excluding hydrogens is 268 g/mol. The largest absolute Gasteiger partial charge is 0.382 e. The molecule has 1 rings (SSSR count). The molecule has 0 spiro atoms. The summed E-state index contributed by atoms with van der Waals surface area (Å²) in [7, 11) is 1.58. The molecule has 0 radical (unpaired) electrons. The van der Waals surface area contributed by atoms with Crippen molar-refractivity contribution in [3.8, 4) is 0 Å². The molecule has 0 aliphatic heterocycles. The Balaban J connectivity index is 2.68. The minimum absolute atomic E-state index is 0.00726. The Morgan fingerprint density at radius 3 is 2.71 bits per heavy atom. The molecule has 0 aromatic heterocycles. The first-order valence-corrected chi connectivity index (χ1v) is 5.83. The minimum Gasteiger partial charge on any atom is -0.382 e. The fourth-order valence-corrected chi connectivity index (χ4v) is 2.01. The molecule has 17 heavy (non-hydrogen) atoms. The van der Waals surface area contributed by atoms with Gasteiger partial charge in [0, 0.05) is 17.7 Å². The molecule has 1 atom stereocenters. The summed E-state index contributed by atoms with van der Waals surface area (Å²) < 4.78 is 18.1. The molecule has 0 heterocycles. The molecule has 0 aliphatic carbocycles. The Kier molecular flexibility index (Phi) is 6.16. The molecule has 6 heteroatoms. The normalized spacial score (nSPS) is 12.8. The van der Waals surface area contributed by atoms with Gasteiger partial charge in [0.15, 0.2) is 0 Å². The average molecular weight is 282 g/mol. The van der Waals surface area contributed by atoms with E-state index in [-0.39, 0.29) is 11.1 Å². The lowest BCUT2D eigenvalue weighted by Gasteiger charge is -2.17. The van der Waals surface area contributed by atoms with Gasteiger partial charge in [-0.3, -0.25) is 4.84 Å². The Bertz CT molecular complexity index is 377. The molecular formula is C11H14Cl2FNO2. The van der Waals surface area contributed by atoms with Crippen LogP contribution in [0.2, 0.25) is 10.0 Å². The van der Waals surface area contributed by atoms with Gasteiger partial charge in [-0.05, 0) is 19.1 Å². The summed E-state index contributed by atoms with van der Waals surface area (Å²) in [6.45, 7) is 2.62. The van der Waals surface area contributed by atoms with Crippen LogP contribution in [-0.2, 0) is 9.57 Å². The molecule has 0 amide bonds. The van der Waals surface area contributed by atoms with Crippen LogP contribution in [0.15, 0.2) is 12.1 Å². The zero-order valence-electron chi connectivity index (χ0n) is 9.60. The lowest BCUT2D eigenvalue weighted by Crippen LogP contribution is -2.22. The zero-order valence-corrected chi connectivity index (χ0v) is 11.1. The minimum atomic E-state index is -0.503. The SMILES string of the molecule is COCCONC(C)c1c(Cl)ccc(F)c1Cl. The predicted octanol–water partition coefficient (Wildman–Crippen LogP) is 3.36. The molecule has 0 aliphatic rings. The molecule has 1 unspecified atom stereocenters. The highest BCUT2D eigenvalue weighted by molar-refractivity contribution is 6.36. The van der Waals surface area contributed by atoms with Crippen molar-refractivity contribution in [3.05, 3.63) is 33.6 Å². The molecule has 1 N–H and O–H groups in total. The summed E-state index contributed by atoms with van der Waals surface area (Å²) in [5, 5.41) is 0.402. The number of halogens is 3. The van der Waals surface area contributed by atoms with E-state index in [1.165, 1.54) is 12.1 Å². The Labute approximate surface area is 110 Å². The fourth-order valence-electron chi connectivity index (χ4n) is 1.31. The third kappa shape index (κ3) is 4.08. The number of methoxy groups -OCH3 is 1. The molecule has 0 saturated heterocycles. The van der Waals surface area contributed by atoms with Crippen LogP contribution in [0.25, 0.3) is 0 Å². The van der Waals surface area contributed by atoms with E-state index in [0.717, 1.165) is 0 Å². The maximum Gasteiger partial charge on any atom is 0.142 e. The highest BCUT2D eigenvalue weighted by atomic mass is 35.5. The van der Waals surface area contributed by atoms with Crippen molar-refractivity contribution in [3.63, 3.8) is 0 Å². The van der Waals surface area contributed by atoms with Crippen molar-refractivity contribution < 1.29 is 14.0 Å². The van der Waals surface area contributed by atoms with Crippen LogP contribution in [0.1, 0.15) is 18.5 Å². The van der Waals surface area contributed by atoms with Crippen LogP contribution in [0.3, 0.4) is 0 Å². The van der Waals surface area contributed by atoms with Crippen molar-refractivity contribution in [2.24, 2.45) is 0 Å². The average Bonchev–Trinajstić information content (AvgIpc) is 2.30. The Hall–Kier alpha value is -0.390. The highest BCUT2D eigenvalue weighted by Crippen LogP contribution is 2.32. The third-order valence-electron chi connectivity index (χ3n) is 2.16. The monoisotopic (exact) mass is 281 g/mol. The molecule has 0 saturated carbocycles. The topological polar surface area (TPSA) is 30.5 Å². The van der Waals surface area contributed by atoms with E-state index in [9.17, 15) is 4.39 Å². The third-order valence-corrected chi connectivity index (χ3v) is 2.88. The van der Waals surface area contributed by atoms with E-state index < -0.39 is 5.82 Å². The van der Waals surface area contributed by atoms with Crippen molar-refractivity contribution >= 4 is 23.2 Å². The van der Waals surface area contributed by atoms with Gasteiger partial charge in [0.2, 0.25) is 0 Å². The number of hydroxylamine groups is 1. The van der Waals surface area contributed by atoms with Crippen molar-refractivity contribution in [1.29, 1.82) is 0 Å². The number of hydrogen-bond acceptors (Lipinski definition) is 3. The first kappa shape index (κ1) is 14.7. The first-order chi connectivity index (χ1) is 8.07. The van der Waals surface area contributed by atoms with Gasteiger partial charge in [0.1, 0.15) is 5.82 Å². The number of ether oxygens (including phenoxy) is 1. The second-order valence-corrected chi connectivity index (χ2v) is 4.22. The lowest BCUT2D eigenvalue weighted by atomic mass is 10.1. The summed E-state index contributed by atoms with van der Waals surface area (Å²) in [6, 6.07) is 2.38. The second kappa shape index (κ2) is 7.13. The first-order valence-electron chi connectivity index (χ1n) is 5.07. The lowest BCUT2D eigenvalue weighted by molar-refractivity contribution is -0.00925. The standard InChI is InChI=1S/C11H14Cl2FNO2/c1-7(15-17-6-5-16-2)10-8(12)3-4-9(14)11(10)13/h3-4,7,15H,5-6H2,1-2H3. The van der Waals surface area contributed by atoms with E-state index in [2.05, 4.69) is 5.48 Å². The van der Waals surface area contributed by atoms with Gasteiger partial charge in [0.25, 0.3) is 0 Å². The van der Waals surface area contributed by atoms with Crippen molar-refractivity contribution in [2.75, 3.05) is 20.3 Å². The maximum atomic E-state index is 13.3. The zero-order chi connectivity index (χ0) is 12.8. The quantitative estimate of drug-likeness (QED) is 0.493. The van der Waals surface area contributed by atoms with Gasteiger partial charge in [-0.2, -0.15) is 5.48 Å². The summed E-state index contributed by atoms with van der Waals surface area (Å²) in [5.74, 6) is -0.503. The molecule has 3 nitrogen and oxygen atoms in total. The molecule has 0 fully saturated rings. The van der Waals surface area contributed by atoms with E-state index in [0.29, 0.717) is 23.8 Å². The van der Waals surface area contributed by atoms with E-state index in [1.807, 2.05) is 0 Å². The maximum absolute atomic E-state index is 13.3. The van der Waals surface area contributed by atoms with Crippen LogP contribution >= 0.6 is 23.2 Å². The summed E-state index contributed by atoms with van der Waals surface area (Å²) in [6.07, 6.45) is 0. The predicted molar refractivity (Wildman–Crippen MR) is 65.8 cm³/mol. The van der Waals surface area contributed by atoms with Gasteiger partial charge >= 0.3 is 0 Å². The van der Waals surface area contributed by atoms with E-state index >= 15 is 0 Å². The van der Waals surface area contributed by atoms with Gasteiger partial charge in [-0.15, -0.1) is 0 Å². The van der Waals surface area contributed by atoms with Crippen LogP contribution in [0, 0.1) is 5.82 Å². The Morgan fingerprint density at radius 2 is 2.06 bits per heavy atom. The number of rotatable bonds is 6. The van der Waals surface area contributed by atoms with Crippen LogP contribution in [0.5, 0.6) is 0 Å². The molecule has 0 bridgehead atoms. The van der Waals surface area contributed by atoms with E-state index in [1.54, 1.807) is 14.0 Å². The highest BCUT2D eigenvalue weighted by Gasteiger charge is 2.16. The number of benzene rings is 1. The number of hydrogen-bond donors (Lipinski definition) is 1. The molecule has 1 aromatic carbocycles. The fraction of sp³-hybridized carbons (Fsp3) is 0.455. The molecule has 1 aromatic rings. The van der Waals surface area contributed by atoms with Gasteiger partial charge in [-0.1, -0.05) is 23.2 Å². The van der Waals surface area contributed by atoms with Crippen molar-refractivity contribution in [1.82, 2.24) is 5.48 Å². The smallest absolute Gasteiger partial charge is 0.142 e. The number of nitrogens with one attached hydrogen (secondary N) is 1. The molecule has 96 valence electrons. The van der Waals surface area contributed by atoms with Crippen LogP contribution in [0.4, 0.5) is 4.39 Å². The summed E-state index contributed by atoms with van der Waals surface area (Å²) in [4.78, 5) is 5.13. The van der Waals surface area contributed by atoms with Crippen molar-refractivity contribution in [2.45, 2.75) is 13.0 Å². The summed E-state index contributed by atoms with van der Waals surface area (Å²) >= 11 is 11.8. The van der Waals surface area contributed by atoms with E-state index in [4.69, 9.17) is 32.8 Å². The van der Waals surface area contributed by atoms with Crippen LogP contribution < -0.4 is 5.48 Å². The van der Waals surface area contributed by atoms with Gasteiger partial charge in [-0.25, -0.2) is 4.39 Å².